The number of hydrogen-bond donors (Lipinski definition) is 2. The first kappa shape index (κ1) is 9.08. The van der Waals surface area contributed by atoms with Crippen LogP contribution in [0.3, 0.4) is 0 Å². The summed E-state index contributed by atoms with van der Waals surface area (Å²) in [7, 11) is 0. The second kappa shape index (κ2) is 3.16. The first-order valence-corrected chi connectivity index (χ1v) is 4.15. The van der Waals surface area contributed by atoms with Crippen molar-refractivity contribution >= 4 is 22.4 Å². The van der Waals surface area contributed by atoms with Gasteiger partial charge in [-0.15, -0.1) is 5.10 Å². The number of hydrogen-bond acceptors (Lipinski definition) is 5. The standard InChI is InChI=1S/C6H10N4OS/c1-6(2,7)5(11)9-4-3-8-10-12-4/h3H,7H2,1-2H3,(H,9,11). The van der Waals surface area contributed by atoms with Gasteiger partial charge in [-0.05, 0) is 13.8 Å². The molecule has 0 saturated carbocycles. The summed E-state index contributed by atoms with van der Waals surface area (Å²) < 4.78 is 3.59. The fraction of sp³-hybridized carbons (Fsp3) is 0.500. The smallest absolute Gasteiger partial charge is 0.244 e. The Morgan fingerprint density at radius 2 is 2.42 bits per heavy atom. The summed E-state index contributed by atoms with van der Waals surface area (Å²) in [6.45, 7) is 3.27. The Balaban J connectivity index is 2.60. The summed E-state index contributed by atoms with van der Waals surface area (Å²) in [5, 5.41) is 6.77. The number of nitrogens with one attached hydrogen (secondary N) is 1. The van der Waals surface area contributed by atoms with Gasteiger partial charge in [0.15, 0.2) is 0 Å². The van der Waals surface area contributed by atoms with E-state index in [-0.39, 0.29) is 5.91 Å². The Morgan fingerprint density at radius 3 is 2.83 bits per heavy atom. The minimum Gasteiger partial charge on any atom is -0.318 e. The third-order valence-electron chi connectivity index (χ3n) is 1.18. The molecule has 0 saturated heterocycles. The van der Waals surface area contributed by atoms with Crippen LogP contribution in [-0.2, 0) is 4.79 Å². The van der Waals surface area contributed by atoms with Crippen LogP contribution in [0.2, 0.25) is 0 Å². The van der Waals surface area contributed by atoms with Gasteiger partial charge in [0.2, 0.25) is 5.91 Å². The van der Waals surface area contributed by atoms with Gasteiger partial charge in [0, 0.05) is 11.5 Å². The van der Waals surface area contributed by atoms with Crippen molar-refractivity contribution in [2.45, 2.75) is 19.4 Å². The van der Waals surface area contributed by atoms with Crippen molar-refractivity contribution in [1.82, 2.24) is 9.59 Å². The number of carbonyl (C=O) groups is 1. The van der Waals surface area contributed by atoms with Gasteiger partial charge in [-0.2, -0.15) is 0 Å². The van der Waals surface area contributed by atoms with Crippen LogP contribution in [-0.4, -0.2) is 21.0 Å². The summed E-state index contributed by atoms with van der Waals surface area (Å²) in [6.07, 6.45) is 1.48. The van der Waals surface area contributed by atoms with Gasteiger partial charge in [0.05, 0.1) is 11.7 Å². The maximum atomic E-state index is 11.2. The predicted octanol–water partition coefficient (Wildman–Crippen LogP) is 0.214. The molecule has 0 radical (unpaired) electrons. The average Bonchev–Trinajstić information content (AvgIpc) is 2.37. The zero-order valence-electron chi connectivity index (χ0n) is 6.87. The van der Waals surface area contributed by atoms with Gasteiger partial charge in [-0.3, -0.25) is 4.79 Å². The molecule has 0 aromatic carbocycles. The Bertz CT molecular complexity index is 264. The molecular formula is C6H10N4OS. The molecule has 1 aromatic heterocycles. The Kier molecular flexibility index (Phi) is 2.39. The maximum Gasteiger partial charge on any atom is 0.244 e. The van der Waals surface area contributed by atoms with Crippen molar-refractivity contribution in [2.24, 2.45) is 5.73 Å². The number of rotatable bonds is 2. The fourth-order valence-electron chi connectivity index (χ4n) is 0.495. The lowest BCUT2D eigenvalue weighted by Crippen LogP contribution is -2.45. The van der Waals surface area contributed by atoms with E-state index in [9.17, 15) is 4.79 Å². The van der Waals surface area contributed by atoms with E-state index in [1.807, 2.05) is 0 Å². The molecule has 1 heterocycles. The Labute approximate surface area is 74.1 Å². The molecule has 0 aliphatic carbocycles. The number of amides is 1. The molecule has 1 rings (SSSR count). The van der Waals surface area contributed by atoms with E-state index in [0.29, 0.717) is 5.00 Å². The van der Waals surface area contributed by atoms with Crippen LogP contribution in [0.25, 0.3) is 0 Å². The van der Waals surface area contributed by atoms with Crippen molar-refractivity contribution in [2.75, 3.05) is 5.32 Å². The molecule has 66 valence electrons. The highest BCUT2D eigenvalue weighted by molar-refractivity contribution is 7.10. The first-order valence-electron chi connectivity index (χ1n) is 3.38. The molecule has 1 aromatic rings. The van der Waals surface area contributed by atoms with E-state index in [0.717, 1.165) is 11.5 Å². The fourth-order valence-corrected chi connectivity index (χ4v) is 0.910. The van der Waals surface area contributed by atoms with E-state index in [4.69, 9.17) is 5.73 Å². The monoisotopic (exact) mass is 186 g/mol. The van der Waals surface area contributed by atoms with E-state index in [1.54, 1.807) is 13.8 Å². The number of nitrogens with two attached hydrogens (primary N) is 1. The van der Waals surface area contributed by atoms with Crippen molar-refractivity contribution in [3.63, 3.8) is 0 Å². The van der Waals surface area contributed by atoms with Crippen LogP contribution in [0, 0.1) is 0 Å². The summed E-state index contributed by atoms with van der Waals surface area (Å²) in [4.78, 5) is 11.2. The highest BCUT2D eigenvalue weighted by Gasteiger charge is 2.22. The number of anilines is 1. The molecule has 0 spiro atoms. The molecule has 12 heavy (non-hydrogen) atoms. The normalized spacial score (nSPS) is 11.2. The number of aromatic nitrogens is 2. The number of nitrogens with zero attached hydrogens (tertiary/aromatic N) is 2. The van der Waals surface area contributed by atoms with Crippen LogP contribution in [0.5, 0.6) is 0 Å². The summed E-state index contributed by atoms with van der Waals surface area (Å²) in [5.41, 5.74) is 4.68. The SMILES string of the molecule is CC(C)(N)C(=O)Nc1cnns1. The Morgan fingerprint density at radius 1 is 1.75 bits per heavy atom. The van der Waals surface area contributed by atoms with Crippen molar-refractivity contribution < 1.29 is 4.79 Å². The molecule has 6 heteroatoms. The first-order chi connectivity index (χ1) is 5.50. The van der Waals surface area contributed by atoms with Crippen molar-refractivity contribution in [3.05, 3.63) is 6.20 Å². The average molecular weight is 186 g/mol. The van der Waals surface area contributed by atoms with E-state index in [2.05, 4.69) is 14.9 Å². The van der Waals surface area contributed by atoms with Gasteiger partial charge < -0.3 is 11.1 Å². The topological polar surface area (TPSA) is 80.9 Å². The second-order valence-electron chi connectivity index (χ2n) is 2.96. The van der Waals surface area contributed by atoms with Gasteiger partial charge in [0.25, 0.3) is 0 Å². The van der Waals surface area contributed by atoms with Crippen LogP contribution in [0.1, 0.15) is 13.8 Å². The molecule has 0 atom stereocenters. The predicted molar refractivity (Wildman–Crippen MR) is 46.8 cm³/mol. The minimum absolute atomic E-state index is 0.242. The van der Waals surface area contributed by atoms with E-state index in [1.165, 1.54) is 6.20 Å². The van der Waals surface area contributed by atoms with Crippen molar-refractivity contribution in [3.8, 4) is 0 Å². The van der Waals surface area contributed by atoms with E-state index >= 15 is 0 Å². The highest BCUT2D eigenvalue weighted by atomic mass is 32.1. The Hall–Kier alpha value is -1.01. The lowest BCUT2D eigenvalue weighted by atomic mass is 10.1. The van der Waals surface area contributed by atoms with Gasteiger partial charge in [0.1, 0.15) is 5.00 Å². The zero-order chi connectivity index (χ0) is 9.19. The van der Waals surface area contributed by atoms with Crippen LogP contribution < -0.4 is 11.1 Å². The zero-order valence-corrected chi connectivity index (χ0v) is 7.68. The molecule has 1 amide bonds. The van der Waals surface area contributed by atoms with Crippen LogP contribution in [0.15, 0.2) is 6.20 Å². The minimum atomic E-state index is -0.871. The molecule has 0 fully saturated rings. The molecule has 0 aliphatic heterocycles. The molecular weight excluding hydrogens is 176 g/mol. The highest BCUT2D eigenvalue weighted by Crippen LogP contribution is 2.11. The lowest BCUT2D eigenvalue weighted by molar-refractivity contribution is -0.120. The van der Waals surface area contributed by atoms with Crippen molar-refractivity contribution in [1.29, 1.82) is 0 Å². The van der Waals surface area contributed by atoms with Gasteiger partial charge >= 0.3 is 0 Å². The van der Waals surface area contributed by atoms with Gasteiger partial charge in [-0.25, -0.2) is 0 Å². The quantitative estimate of drug-likeness (QED) is 0.692. The summed E-state index contributed by atoms with van der Waals surface area (Å²) in [5.74, 6) is -0.242. The third-order valence-corrected chi connectivity index (χ3v) is 1.76. The van der Waals surface area contributed by atoms with Gasteiger partial charge in [-0.1, -0.05) is 4.49 Å². The molecule has 0 bridgehead atoms. The molecule has 0 unspecified atom stereocenters. The maximum absolute atomic E-state index is 11.2. The molecule has 0 aliphatic rings. The summed E-state index contributed by atoms with van der Waals surface area (Å²) >= 11 is 1.12. The largest absolute Gasteiger partial charge is 0.318 e. The van der Waals surface area contributed by atoms with Crippen LogP contribution in [0.4, 0.5) is 5.00 Å². The lowest BCUT2D eigenvalue weighted by Gasteiger charge is -2.16. The van der Waals surface area contributed by atoms with E-state index < -0.39 is 5.54 Å². The molecule has 3 N–H and O–H groups in total. The second-order valence-corrected chi connectivity index (χ2v) is 3.74. The third kappa shape index (κ3) is 2.24. The summed E-state index contributed by atoms with van der Waals surface area (Å²) in [6, 6.07) is 0. The van der Waals surface area contributed by atoms with Crippen LogP contribution >= 0.6 is 11.5 Å². The molecule has 5 nitrogen and oxygen atoms in total. The number of carbonyl (C=O) groups excluding carboxylic acids is 1.